The predicted octanol–water partition coefficient (Wildman–Crippen LogP) is 4.98. The number of amides is 1. The highest BCUT2D eigenvalue weighted by atomic mass is 32.2. The molecule has 0 saturated carbocycles. The summed E-state index contributed by atoms with van der Waals surface area (Å²) < 4.78 is 18.1. The second kappa shape index (κ2) is 12.8. The van der Waals surface area contributed by atoms with E-state index in [1.165, 1.54) is 11.8 Å². The zero-order valence-corrected chi connectivity index (χ0v) is 22.5. The fraction of sp³-hybridized carbons (Fsp3) is 0.214. The molecule has 4 aromatic rings. The standard InChI is InChI=1S/C28H29N5O4S/c1-5-37-23-14-12-22(13-15-23)33-27(20-9-7-6-8-10-20)31-32-28(33)38-18-26(34)30-29-19(2)21-11-16-24(35-3)25(17-21)36-4/h6-17H,5,18H2,1-4H3,(H,30,34)/b29-19+. The van der Waals surface area contributed by atoms with E-state index in [4.69, 9.17) is 14.2 Å². The van der Waals surface area contributed by atoms with E-state index in [0.717, 1.165) is 22.6 Å². The number of benzene rings is 3. The van der Waals surface area contributed by atoms with Crippen molar-refractivity contribution in [1.29, 1.82) is 0 Å². The number of carbonyl (C=O) groups excluding carboxylic acids is 1. The summed E-state index contributed by atoms with van der Waals surface area (Å²) in [5.41, 5.74) is 5.84. The number of hydrogen-bond donors (Lipinski definition) is 1. The molecule has 1 amide bonds. The van der Waals surface area contributed by atoms with Crippen LogP contribution < -0.4 is 19.6 Å². The molecule has 38 heavy (non-hydrogen) atoms. The van der Waals surface area contributed by atoms with Crippen molar-refractivity contribution in [3.63, 3.8) is 0 Å². The van der Waals surface area contributed by atoms with Crippen molar-refractivity contribution in [3.05, 3.63) is 78.4 Å². The van der Waals surface area contributed by atoms with Gasteiger partial charge >= 0.3 is 0 Å². The molecule has 0 aliphatic rings. The molecular formula is C28H29N5O4S. The summed E-state index contributed by atoms with van der Waals surface area (Å²) in [6, 6.07) is 23.0. The van der Waals surface area contributed by atoms with Gasteiger partial charge in [-0.25, -0.2) is 5.43 Å². The maximum Gasteiger partial charge on any atom is 0.250 e. The Hall–Kier alpha value is -4.31. The molecule has 10 heteroatoms. The molecule has 1 aromatic heterocycles. The molecule has 196 valence electrons. The van der Waals surface area contributed by atoms with E-state index in [1.807, 2.05) is 85.1 Å². The smallest absolute Gasteiger partial charge is 0.250 e. The molecule has 0 saturated heterocycles. The normalized spacial score (nSPS) is 11.2. The molecule has 0 unspecified atom stereocenters. The van der Waals surface area contributed by atoms with Gasteiger partial charge in [-0.2, -0.15) is 5.10 Å². The zero-order valence-electron chi connectivity index (χ0n) is 21.7. The van der Waals surface area contributed by atoms with Gasteiger partial charge in [-0.05, 0) is 56.3 Å². The van der Waals surface area contributed by atoms with Gasteiger partial charge in [-0.1, -0.05) is 42.1 Å². The molecule has 0 spiro atoms. The van der Waals surface area contributed by atoms with Crippen molar-refractivity contribution in [2.45, 2.75) is 19.0 Å². The highest BCUT2D eigenvalue weighted by molar-refractivity contribution is 7.99. The Morgan fingerprint density at radius 2 is 1.71 bits per heavy atom. The number of hydrogen-bond acceptors (Lipinski definition) is 8. The van der Waals surface area contributed by atoms with Crippen LogP contribution in [-0.2, 0) is 4.79 Å². The molecule has 0 radical (unpaired) electrons. The average molecular weight is 532 g/mol. The highest BCUT2D eigenvalue weighted by Crippen LogP contribution is 2.29. The fourth-order valence-electron chi connectivity index (χ4n) is 3.66. The van der Waals surface area contributed by atoms with Crippen molar-refractivity contribution in [1.82, 2.24) is 20.2 Å². The van der Waals surface area contributed by atoms with Crippen molar-refractivity contribution in [2.75, 3.05) is 26.6 Å². The van der Waals surface area contributed by atoms with Gasteiger partial charge in [0.2, 0.25) is 0 Å². The molecular weight excluding hydrogens is 502 g/mol. The van der Waals surface area contributed by atoms with Crippen LogP contribution in [0.15, 0.2) is 83.1 Å². The van der Waals surface area contributed by atoms with Crippen LogP contribution >= 0.6 is 11.8 Å². The van der Waals surface area contributed by atoms with E-state index in [1.54, 1.807) is 20.3 Å². The molecule has 1 N–H and O–H groups in total. The lowest BCUT2D eigenvalue weighted by Gasteiger charge is -2.11. The van der Waals surface area contributed by atoms with Crippen LogP contribution in [-0.4, -0.2) is 53.0 Å². The number of carbonyl (C=O) groups is 1. The van der Waals surface area contributed by atoms with E-state index in [-0.39, 0.29) is 11.7 Å². The summed E-state index contributed by atoms with van der Waals surface area (Å²) in [6.45, 7) is 4.34. The number of methoxy groups -OCH3 is 2. The van der Waals surface area contributed by atoms with Crippen molar-refractivity contribution in [3.8, 4) is 34.3 Å². The molecule has 0 atom stereocenters. The number of rotatable bonds is 11. The molecule has 0 aliphatic carbocycles. The van der Waals surface area contributed by atoms with Crippen LogP contribution in [0.1, 0.15) is 19.4 Å². The molecule has 0 bridgehead atoms. The lowest BCUT2D eigenvalue weighted by atomic mass is 10.1. The Labute approximate surface area is 225 Å². The third-order valence-corrected chi connectivity index (χ3v) is 6.48. The molecule has 9 nitrogen and oxygen atoms in total. The average Bonchev–Trinajstić information content (AvgIpc) is 3.39. The van der Waals surface area contributed by atoms with Gasteiger partial charge in [0.25, 0.3) is 5.91 Å². The van der Waals surface area contributed by atoms with Gasteiger partial charge in [0, 0.05) is 16.8 Å². The summed E-state index contributed by atoms with van der Waals surface area (Å²) >= 11 is 1.28. The summed E-state index contributed by atoms with van der Waals surface area (Å²) in [6.07, 6.45) is 0. The number of ether oxygens (including phenoxy) is 3. The first kappa shape index (κ1) is 26.7. The Morgan fingerprint density at radius 3 is 2.39 bits per heavy atom. The van der Waals surface area contributed by atoms with E-state index >= 15 is 0 Å². The predicted molar refractivity (Wildman–Crippen MR) is 149 cm³/mol. The van der Waals surface area contributed by atoms with E-state index in [0.29, 0.717) is 34.8 Å². The maximum atomic E-state index is 12.7. The number of nitrogens with zero attached hydrogens (tertiary/aromatic N) is 4. The quantitative estimate of drug-likeness (QED) is 0.165. The summed E-state index contributed by atoms with van der Waals surface area (Å²) in [7, 11) is 3.15. The van der Waals surface area contributed by atoms with E-state index in [2.05, 4.69) is 20.7 Å². The lowest BCUT2D eigenvalue weighted by Crippen LogP contribution is -2.21. The van der Waals surface area contributed by atoms with Crippen molar-refractivity contribution in [2.24, 2.45) is 5.10 Å². The highest BCUT2D eigenvalue weighted by Gasteiger charge is 2.17. The van der Waals surface area contributed by atoms with Crippen LogP contribution in [0.25, 0.3) is 17.1 Å². The van der Waals surface area contributed by atoms with E-state index < -0.39 is 0 Å². The fourth-order valence-corrected chi connectivity index (χ4v) is 4.41. The van der Waals surface area contributed by atoms with Gasteiger partial charge in [0.15, 0.2) is 22.5 Å². The van der Waals surface area contributed by atoms with Gasteiger partial charge in [0.1, 0.15) is 5.75 Å². The minimum Gasteiger partial charge on any atom is -0.494 e. The lowest BCUT2D eigenvalue weighted by molar-refractivity contribution is -0.118. The Kier molecular flexibility index (Phi) is 8.99. The van der Waals surface area contributed by atoms with Crippen molar-refractivity contribution >= 4 is 23.4 Å². The molecule has 1 heterocycles. The van der Waals surface area contributed by atoms with Crippen LogP contribution in [0.3, 0.4) is 0 Å². The first-order chi connectivity index (χ1) is 18.5. The van der Waals surface area contributed by atoms with Gasteiger partial charge in [0.05, 0.1) is 32.3 Å². The number of nitrogens with one attached hydrogen (secondary N) is 1. The third-order valence-electron chi connectivity index (χ3n) is 5.55. The van der Waals surface area contributed by atoms with Gasteiger partial charge in [-0.15, -0.1) is 10.2 Å². The number of thioether (sulfide) groups is 1. The first-order valence-electron chi connectivity index (χ1n) is 12.0. The minimum atomic E-state index is -0.266. The van der Waals surface area contributed by atoms with Crippen LogP contribution in [0, 0.1) is 0 Å². The van der Waals surface area contributed by atoms with Crippen LogP contribution in [0.5, 0.6) is 17.2 Å². The zero-order chi connectivity index (χ0) is 26.9. The van der Waals surface area contributed by atoms with Crippen molar-refractivity contribution < 1.29 is 19.0 Å². The summed E-state index contributed by atoms with van der Waals surface area (Å²) in [5.74, 6) is 2.51. The largest absolute Gasteiger partial charge is 0.494 e. The second-order valence-corrected chi connectivity index (χ2v) is 8.97. The maximum absolute atomic E-state index is 12.7. The monoisotopic (exact) mass is 531 g/mol. The molecule has 0 aliphatic heterocycles. The number of aromatic nitrogens is 3. The Bertz CT molecular complexity index is 1400. The minimum absolute atomic E-state index is 0.104. The first-order valence-corrected chi connectivity index (χ1v) is 12.9. The van der Waals surface area contributed by atoms with Gasteiger partial charge in [-0.3, -0.25) is 9.36 Å². The molecule has 0 fully saturated rings. The third kappa shape index (κ3) is 6.33. The topological polar surface area (TPSA) is 99.9 Å². The second-order valence-electron chi connectivity index (χ2n) is 8.03. The Morgan fingerprint density at radius 1 is 0.974 bits per heavy atom. The van der Waals surface area contributed by atoms with Gasteiger partial charge < -0.3 is 14.2 Å². The summed E-state index contributed by atoms with van der Waals surface area (Å²) in [5, 5.41) is 13.6. The van der Waals surface area contributed by atoms with Crippen LogP contribution in [0.2, 0.25) is 0 Å². The Balaban J connectivity index is 1.50. The van der Waals surface area contributed by atoms with Crippen LogP contribution in [0.4, 0.5) is 0 Å². The molecule has 3 aromatic carbocycles. The SMILES string of the molecule is CCOc1ccc(-n2c(SCC(=O)N/N=C(\C)c3ccc(OC)c(OC)c3)nnc2-c2ccccc2)cc1. The number of hydrazone groups is 1. The van der Waals surface area contributed by atoms with E-state index in [9.17, 15) is 4.79 Å². The summed E-state index contributed by atoms with van der Waals surface area (Å²) in [4.78, 5) is 12.7. The molecule has 4 rings (SSSR count).